The maximum atomic E-state index is 12.2. The average Bonchev–Trinajstić information content (AvgIpc) is 3.02. The smallest absolute Gasteiger partial charge is 0.254 e. The van der Waals surface area contributed by atoms with Crippen LogP contribution in [0, 0.1) is 13.8 Å². The Kier molecular flexibility index (Phi) is 4.65. The topological polar surface area (TPSA) is 118 Å². The summed E-state index contributed by atoms with van der Waals surface area (Å²) in [5, 5.41) is 7.38. The van der Waals surface area contributed by atoms with Gasteiger partial charge in [0, 0.05) is 17.0 Å². The molecule has 0 bridgehead atoms. The third-order valence-corrected chi connectivity index (χ3v) is 5.25. The number of aromatic nitrogens is 6. The summed E-state index contributed by atoms with van der Waals surface area (Å²) in [7, 11) is 0. The second kappa shape index (κ2) is 7.10. The van der Waals surface area contributed by atoms with Gasteiger partial charge in [0.2, 0.25) is 5.91 Å². The number of hydrogen-bond donors (Lipinski definition) is 2. The molecule has 0 spiro atoms. The van der Waals surface area contributed by atoms with Crippen molar-refractivity contribution in [2.24, 2.45) is 0 Å². The second-order valence-electron chi connectivity index (χ2n) is 6.53. The van der Waals surface area contributed by atoms with Crippen LogP contribution >= 0.6 is 11.8 Å². The fourth-order valence-electron chi connectivity index (χ4n) is 3.16. The molecule has 4 rings (SSSR count). The Labute approximate surface area is 159 Å². The zero-order valence-corrected chi connectivity index (χ0v) is 15.9. The quantitative estimate of drug-likeness (QED) is 0.515. The molecule has 10 heteroatoms. The summed E-state index contributed by atoms with van der Waals surface area (Å²) < 4.78 is 1.58. The summed E-state index contributed by atoms with van der Waals surface area (Å²) in [4.78, 5) is 40.1. The van der Waals surface area contributed by atoms with Gasteiger partial charge in [0.15, 0.2) is 5.16 Å². The summed E-state index contributed by atoms with van der Waals surface area (Å²) in [6.07, 6.45) is 3.65. The first-order valence-corrected chi connectivity index (χ1v) is 9.74. The number of rotatable bonds is 4. The number of fused-ring (bicyclic) bond motifs is 2. The van der Waals surface area contributed by atoms with Gasteiger partial charge in [-0.1, -0.05) is 11.8 Å². The minimum Gasteiger partial charge on any atom is -0.301 e. The predicted octanol–water partition coefficient (Wildman–Crippen LogP) is 1.43. The monoisotopic (exact) mass is 385 g/mol. The zero-order chi connectivity index (χ0) is 19.0. The molecule has 0 saturated heterocycles. The minimum absolute atomic E-state index is 0.0958. The molecule has 3 aromatic rings. The highest BCUT2D eigenvalue weighted by Gasteiger charge is 2.17. The molecule has 2 N–H and O–H groups in total. The number of aromatic amines is 1. The van der Waals surface area contributed by atoms with Crippen LogP contribution in [0.3, 0.4) is 0 Å². The van der Waals surface area contributed by atoms with Crippen molar-refractivity contribution in [2.75, 3.05) is 11.1 Å². The highest BCUT2D eigenvalue weighted by Crippen LogP contribution is 2.19. The number of thioether (sulfide) groups is 1. The molecule has 1 amide bonds. The first kappa shape index (κ1) is 17.7. The molecule has 1 aliphatic rings. The van der Waals surface area contributed by atoms with E-state index in [4.69, 9.17) is 0 Å². The van der Waals surface area contributed by atoms with Crippen molar-refractivity contribution in [3.63, 3.8) is 0 Å². The van der Waals surface area contributed by atoms with Crippen LogP contribution < -0.4 is 10.9 Å². The van der Waals surface area contributed by atoms with Gasteiger partial charge >= 0.3 is 0 Å². The number of aryl methyl sites for hydroxylation is 3. The van der Waals surface area contributed by atoms with E-state index in [9.17, 15) is 9.59 Å². The molecule has 0 aromatic carbocycles. The first-order chi connectivity index (χ1) is 13.0. The van der Waals surface area contributed by atoms with Gasteiger partial charge in [0.05, 0.1) is 11.4 Å². The molecule has 27 heavy (non-hydrogen) atoms. The van der Waals surface area contributed by atoms with E-state index >= 15 is 0 Å². The lowest BCUT2D eigenvalue weighted by molar-refractivity contribution is -0.113. The van der Waals surface area contributed by atoms with Crippen LogP contribution in [0.5, 0.6) is 0 Å². The zero-order valence-electron chi connectivity index (χ0n) is 15.1. The minimum atomic E-state index is -0.273. The maximum absolute atomic E-state index is 12.2. The Morgan fingerprint density at radius 1 is 1.26 bits per heavy atom. The van der Waals surface area contributed by atoms with E-state index in [0.717, 1.165) is 48.3 Å². The third kappa shape index (κ3) is 3.70. The summed E-state index contributed by atoms with van der Waals surface area (Å²) in [5.41, 5.74) is 3.26. The van der Waals surface area contributed by atoms with Crippen molar-refractivity contribution >= 4 is 29.4 Å². The van der Waals surface area contributed by atoms with E-state index in [0.29, 0.717) is 10.9 Å². The predicted molar refractivity (Wildman–Crippen MR) is 101 cm³/mol. The van der Waals surface area contributed by atoms with Crippen LogP contribution in [-0.4, -0.2) is 41.2 Å². The highest BCUT2D eigenvalue weighted by atomic mass is 32.2. The number of anilines is 1. The Balaban J connectivity index is 1.44. The Morgan fingerprint density at radius 2 is 2.07 bits per heavy atom. The maximum Gasteiger partial charge on any atom is 0.254 e. The lowest BCUT2D eigenvalue weighted by Gasteiger charge is -2.14. The molecule has 0 fully saturated rings. The van der Waals surface area contributed by atoms with E-state index in [2.05, 4.69) is 30.4 Å². The van der Waals surface area contributed by atoms with Crippen molar-refractivity contribution in [1.82, 2.24) is 29.5 Å². The van der Waals surface area contributed by atoms with Crippen LogP contribution in [0.2, 0.25) is 0 Å². The number of nitrogens with zero attached hydrogens (tertiary/aromatic N) is 5. The molecule has 0 saturated carbocycles. The van der Waals surface area contributed by atoms with E-state index in [-0.39, 0.29) is 23.2 Å². The van der Waals surface area contributed by atoms with Crippen molar-refractivity contribution in [1.29, 1.82) is 0 Å². The number of carbonyl (C=O) groups excluding carboxylic acids is 1. The standard InChI is InChI=1S/C17H19N7O2S/c1-9-7-10(2)24-16(18-9)22-15(23-24)20-13(25)8-27-17-19-12-6-4-3-5-11(12)14(26)21-17/h7H,3-6,8H2,1-2H3,(H,19,21,26)(H,20,23,25). The fourth-order valence-corrected chi connectivity index (χ4v) is 3.84. The summed E-state index contributed by atoms with van der Waals surface area (Å²) >= 11 is 1.19. The molecule has 3 heterocycles. The lowest BCUT2D eigenvalue weighted by atomic mass is 9.97. The van der Waals surface area contributed by atoms with E-state index in [1.807, 2.05) is 19.9 Å². The summed E-state index contributed by atoms with van der Waals surface area (Å²) in [5.74, 6) is 0.471. The van der Waals surface area contributed by atoms with E-state index in [1.165, 1.54) is 11.8 Å². The number of carbonyl (C=O) groups is 1. The number of nitrogens with one attached hydrogen (secondary N) is 2. The van der Waals surface area contributed by atoms with Crippen LogP contribution in [0.25, 0.3) is 5.78 Å². The largest absolute Gasteiger partial charge is 0.301 e. The number of H-pyrrole nitrogens is 1. The van der Waals surface area contributed by atoms with Crippen molar-refractivity contribution in [2.45, 2.75) is 44.7 Å². The van der Waals surface area contributed by atoms with Crippen molar-refractivity contribution in [3.8, 4) is 0 Å². The van der Waals surface area contributed by atoms with Gasteiger partial charge in [-0.05, 0) is 45.6 Å². The molecule has 140 valence electrons. The second-order valence-corrected chi connectivity index (χ2v) is 7.49. The van der Waals surface area contributed by atoms with Gasteiger partial charge < -0.3 is 4.98 Å². The average molecular weight is 385 g/mol. The lowest BCUT2D eigenvalue weighted by Crippen LogP contribution is -2.22. The molecule has 3 aromatic heterocycles. The highest BCUT2D eigenvalue weighted by molar-refractivity contribution is 7.99. The molecule has 0 atom stereocenters. The molecule has 0 aliphatic heterocycles. The summed E-state index contributed by atoms with van der Waals surface area (Å²) in [6, 6.07) is 1.89. The van der Waals surface area contributed by atoms with E-state index in [1.54, 1.807) is 4.52 Å². The van der Waals surface area contributed by atoms with Gasteiger partial charge in [-0.3, -0.25) is 14.9 Å². The Hall–Kier alpha value is -2.75. The van der Waals surface area contributed by atoms with Gasteiger partial charge in [-0.2, -0.15) is 9.50 Å². The normalized spacial score (nSPS) is 13.6. The Morgan fingerprint density at radius 3 is 2.93 bits per heavy atom. The SMILES string of the molecule is Cc1cc(C)n2nc(NC(=O)CSc3nc4c(c(=O)[nH]3)CCCC4)nc2n1. The molecular formula is C17H19N7O2S. The van der Waals surface area contributed by atoms with Crippen molar-refractivity contribution in [3.05, 3.63) is 39.1 Å². The number of amides is 1. The fraction of sp³-hybridized carbons (Fsp3) is 0.412. The van der Waals surface area contributed by atoms with Crippen LogP contribution in [0.1, 0.15) is 35.5 Å². The van der Waals surface area contributed by atoms with Crippen LogP contribution in [0.4, 0.5) is 5.95 Å². The third-order valence-electron chi connectivity index (χ3n) is 4.38. The molecule has 1 aliphatic carbocycles. The van der Waals surface area contributed by atoms with Crippen molar-refractivity contribution < 1.29 is 4.79 Å². The van der Waals surface area contributed by atoms with E-state index < -0.39 is 0 Å². The number of hydrogen-bond acceptors (Lipinski definition) is 7. The first-order valence-electron chi connectivity index (χ1n) is 8.75. The van der Waals surface area contributed by atoms with Gasteiger partial charge in [0.1, 0.15) is 0 Å². The van der Waals surface area contributed by atoms with Gasteiger partial charge in [0.25, 0.3) is 17.3 Å². The Bertz CT molecular complexity index is 1090. The molecular weight excluding hydrogens is 366 g/mol. The van der Waals surface area contributed by atoms with Gasteiger partial charge in [-0.15, -0.1) is 5.10 Å². The molecule has 0 radical (unpaired) electrons. The van der Waals surface area contributed by atoms with Crippen LogP contribution in [0.15, 0.2) is 16.0 Å². The molecule has 0 unspecified atom stereocenters. The molecule has 9 nitrogen and oxygen atoms in total. The van der Waals surface area contributed by atoms with Gasteiger partial charge in [-0.25, -0.2) is 9.97 Å². The van der Waals surface area contributed by atoms with Crippen LogP contribution in [-0.2, 0) is 17.6 Å². The summed E-state index contributed by atoms with van der Waals surface area (Å²) in [6.45, 7) is 3.78.